The van der Waals surface area contributed by atoms with E-state index in [1.54, 1.807) is 24.5 Å². The topological polar surface area (TPSA) is 72.0 Å². The SMILES string of the molecule is N=C(N)c1c(F)cccc1OCc1cccnc1. The maximum absolute atomic E-state index is 13.5. The standard InChI is InChI=1S/C13H12FN3O/c14-10-4-1-5-11(12(10)13(15)16)18-8-9-3-2-6-17-7-9/h1-7H,8H2,(H3,15,16). The van der Waals surface area contributed by atoms with E-state index in [9.17, 15) is 4.39 Å². The Hall–Kier alpha value is -2.43. The van der Waals surface area contributed by atoms with E-state index < -0.39 is 5.82 Å². The molecule has 2 aromatic rings. The number of pyridine rings is 1. The van der Waals surface area contributed by atoms with Crippen molar-refractivity contribution in [2.75, 3.05) is 0 Å². The Morgan fingerprint density at radius 1 is 1.33 bits per heavy atom. The Balaban J connectivity index is 2.20. The number of halogens is 1. The van der Waals surface area contributed by atoms with Gasteiger partial charge in [0.2, 0.25) is 0 Å². The first-order chi connectivity index (χ1) is 8.68. The number of hydrogen-bond acceptors (Lipinski definition) is 3. The molecule has 0 atom stereocenters. The minimum absolute atomic E-state index is 0.0126. The fraction of sp³-hybridized carbons (Fsp3) is 0.0769. The number of amidine groups is 1. The van der Waals surface area contributed by atoms with Crippen molar-refractivity contribution in [2.24, 2.45) is 5.73 Å². The van der Waals surface area contributed by atoms with Crippen LogP contribution in [0.5, 0.6) is 5.75 Å². The maximum atomic E-state index is 13.5. The van der Waals surface area contributed by atoms with E-state index in [0.29, 0.717) is 0 Å². The molecule has 0 bridgehead atoms. The van der Waals surface area contributed by atoms with Crippen LogP contribution in [0, 0.1) is 11.2 Å². The molecule has 2 rings (SSSR count). The molecule has 0 aliphatic carbocycles. The van der Waals surface area contributed by atoms with Gasteiger partial charge in [-0.25, -0.2) is 4.39 Å². The van der Waals surface area contributed by atoms with Gasteiger partial charge in [-0.2, -0.15) is 0 Å². The van der Waals surface area contributed by atoms with Gasteiger partial charge < -0.3 is 10.5 Å². The fourth-order valence-corrected chi connectivity index (χ4v) is 1.53. The third-order valence-corrected chi connectivity index (χ3v) is 2.36. The normalized spacial score (nSPS) is 10.1. The molecule has 1 aromatic carbocycles. The molecule has 0 saturated heterocycles. The summed E-state index contributed by atoms with van der Waals surface area (Å²) in [7, 11) is 0. The van der Waals surface area contributed by atoms with Crippen molar-refractivity contribution in [3.8, 4) is 5.75 Å². The first kappa shape index (κ1) is 12.0. The van der Waals surface area contributed by atoms with Gasteiger partial charge in [-0.3, -0.25) is 10.4 Å². The number of rotatable bonds is 4. The van der Waals surface area contributed by atoms with Crippen LogP contribution in [0.2, 0.25) is 0 Å². The summed E-state index contributed by atoms with van der Waals surface area (Å²) in [5.74, 6) is -0.660. The lowest BCUT2D eigenvalue weighted by atomic mass is 10.1. The summed E-state index contributed by atoms with van der Waals surface area (Å²) >= 11 is 0. The average Bonchev–Trinajstić information content (AvgIpc) is 2.37. The molecule has 4 nitrogen and oxygen atoms in total. The Labute approximate surface area is 104 Å². The highest BCUT2D eigenvalue weighted by atomic mass is 19.1. The predicted molar refractivity (Wildman–Crippen MR) is 66.0 cm³/mol. The molecule has 1 aromatic heterocycles. The Morgan fingerprint density at radius 2 is 2.17 bits per heavy atom. The van der Waals surface area contributed by atoms with Crippen LogP contribution in [0.1, 0.15) is 11.1 Å². The third-order valence-electron chi connectivity index (χ3n) is 2.36. The van der Waals surface area contributed by atoms with E-state index in [2.05, 4.69) is 4.98 Å². The second kappa shape index (κ2) is 5.27. The van der Waals surface area contributed by atoms with Crippen molar-refractivity contribution in [2.45, 2.75) is 6.61 Å². The Bertz CT molecular complexity index is 557. The van der Waals surface area contributed by atoms with Gasteiger partial charge in [-0.15, -0.1) is 0 Å². The first-order valence-electron chi connectivity index (χ1n) is 5.33. The summed E-state index contributed by atoms with van der Waals surface area (Å²) in [6.07, 6.45) is 3.32. The molecule has 0 aliphatic rings. The zero-order valence-electron chi connectivity index (χ0n) is 9.56. The van der Waals surface area contributed by atoms with Gasteiger partial charge in [0.25, 0.3) is 0 Å². The molecule has 0 fully saturated rings. The van der Waals surface area contributed by atoms with Crippen LogP contribution in [-0.4, -0.2) is 10.8 Å². The number of nitrogen functional groups attached to an aromatic ring is 1. The number of nitrogens with zero attached hydrogens (tertiary/aromatic N) is 1. The summed E-state index contributed by atoms with van der Waals surface area (Å²) in [5, 5.41) is 7.35. The van der Waals surface area contributed by atoms with Crippen LogP contribution in [-0.2, 0) is 6.61 Å². The molecule has 0 unspecified atom stereocenters. The number of nitrogens with two attached hydrogens (primary N) is 1. The monoisotopic (exact) mass is 245 g/mol. The van der Waals surface area contributed by atoms with Crippen molar-refractivity contribution < 1.29 is 9.13 Å². The van der Waals surface area contributed by atoms with Gasteiger partial charge in [0.1, 0.15) is 24.0 Å². The van der Waals surface area contributed by atoms with Gasteiger partial charge in [0.15, 0.2) is 0 Å². The average molecular weight is 245 g/mol. The van der Waals surface area contributed by atoms with Crippen molar-refractivity contribution in [1.82, 2.24) is 4.98 Å². The van der Waals surface area contributed by atoms with Crippen LogP contribution in [0.15, 0.2) is 42.7 Å². The zero-order valence-corrected chi connectivity index (χ0v) is 9.56. The molecular formula is C13H12FN3O. The highest BCUT2D eigenvalue weighted by molar-refractivity contribution is 5.97. The lowest BCUT2D eigenvalue weighted by molar-refractivity contribution is 0.303. The predicted octanol–water partition coefficient (Wildman–Crippen LogP) is 2.08. The lowest BCUT2D eigenvalue weighted by Crippen LogP contribution is -2.15. The molecule has 0 aliphatic heterocycles. The summed E-state index contributed by atoms with van der Waals surface area (Å²) < 4.78 is 19.0. The third kappa shape index (κ3) is 2.63. The largest absolute Gasteiger partial charge is 0.488 e. The minimum Gasteiger partial charge on any atom is -0.488 e. The van der Waals surface area contributed by atoms with Crippen molar-refractivity contribution in [3.63, 3.8) is 0 Å². The van der Waals surface area contributed by atoms with Gasteiger partial charge in [0, 0.05) is 18.0 Å². The van der Waals surface area contributed by atoms with E-state index in [0.717, 1.165) is 5.56 Å². The second-order valence-corrected chi connectivity index (χ2v) is 3.68. The van der Waals surface area contributed by atoms with Gasteiger partial charge in [-0.1, -0.05) is 12.1 Å². The molecule has 0 saturated carbocycles. The Kier molecular flexibility index (Phi) is 3.52. The fourth-order valence-electron chi connectivity index (χ4n) is 1.53. The number of aromatic nitrogens is 1. The summed E-state index contributed by atoms with van der Waals surface area (Å²) in [6, 6.07) is 7.97. The van der Waals surface area contributed by atoms with Crippen LogP contribution in [0.4, 0.5) is 4.39 Å². The van der Waals surface area contributed by atoms with Crippen molar-refractivity contribution in [3.05, 3.63) is 59.7 Å². The molecule has 92 valence electrons. The van der Waals surface area contributed by atoms with Gasteiger partial charge >= 0.3 is 0 Å². The van der Waals surface area contributed by atoms with Crippen molar-refractivity contribution in [1.29, 1.82) is 5.41 Å². The van der Waals surface area contributed by atoms with Crippen molar-refractivity contribution >= 4 is 5.84 Å². The molecule has 0 amide bonds. The molecule has 1 heterocycles. The van der Waals surface area contributed by atoms with E-state index in [-0.39, 0.29) is 23.8 Å². The summed E-state index contributed by atoms with van der Waals surface area (Å²) in [6.45, 7) is 0.248. The molecular weight excluding hydrogens is 233 g/mol. The molecule has 18 heavy (non-hydrogen) atoms. The number of nitrogens with one attached hydrogen (secondary N) is 1. The van der Waals surface area contributed by atoms with E-state index in [1.807, 2.05) is 6.07 Å². The highest BCUT2D eigenvalue weighted by Crippen LogP contribution is 2.21. The van der Waals surface area contributed by atoms with E-state index in [4.69, 9.17) is 15.9 Å². The van der Waals surface area contributed by atoms with Crippen LogP contribution in [0.25, 0.3) is 0 Å². The number of benzene rings is 1. The van der Waals surface area contributed by atoms with E-state index in [1.165, 1.54) is 12.1 Å². The summed E-state index contributed by atoms with van der Waals surface area (Å²) in [4.78, 5) is 3.95. The molecule has 3 N–H and O–H groups in total. The lowest BCUT2D eigenvalue weighted by Gasteiger charge is -2.11. The second-order valence-electron chi connectivity index (χ2n) is 3.68. The Morgan fingerprint density at radius 3 is 2.83 bits per heavy atom. The minimum atomic E-state index is -0.564. The number of ether oxygens (including phenoxy) is 1. The van der Waals surface area contributed by atoms with E-state index >= 15 is 0 Å². The quantitative estimate of drug-likeness (QED) is 0.640. The molecule has 0 radical (unpaired) electrons. The molecule has 5 heteroatoms. The van der Waals surface area contributed by atoms with Crippen LogP contribution in [0.3, 0.4) is 0 Å². The zero-order chi connectivity index (χ0) is 13.0. The van der Waals surface area contributed by atoms with Gasteiger partial charge in [0.05, 0.1) is 5.56 Å². The van der Waals surface area contributed by atoms with Crippen LogP contribution < -0.4 is 10.5 Å². The smallest absolute Gasteiger partial charge is 0.137 e. The first-order valence-corrected chi connectivity index (χ1v) is 5.33. The van der Waals surface area contributed by atoms with Crippen LogP contribution >= 0.6 is 0 Å². The molecule has 0 spiro atoms. The number of hydrogen-bond donors (Lipinski definition) is 2. The summed E-state index contributed by atoms with van der Waals surface area (Å²) in [5.41, 5.74) is 6.18. The van der Waals surface area contributed by atoms with Gasteiger partial charge in [-0.05, 0) is 18.2 Å². The maximum Gasteiger partial charge on any atom is 0.137 e. The highest BCUT2D eigenvalue weighted by Gasteiger charge is 2.12.